The molecule has 0 radical (unpaired) electrons. The highest BCUT2D eigenvalue weighted by Crippen LogP contribution is 2.38. The summed E-state index contributed by atoms with van der Waals surface area (Å²) in [5, 5.41) is 3.35. The van der Waals surface area contributed by atoms with Gasteiger partial charge in [0.2, 0.25) is 5.91 Å². The Kier molecular flexibility index (Phi) is 7.46. The molecule has 7 nitrogen and oxygen atoms in total. The molecule has 1 atom stereocenters. The molecule has 3 aromatic rings. The lowest BCUT2D eigenvalue weighted by molar-refractivity contribution is -0.117. The quantitative estimate of drug-likeness (QED) is 0.426. The fraction of sp³-hybridized carbons (Fsp3) is 0.259. The smallest absolute Gasteiger partial charge is 0.255 e. The zero-order valence-corrected chi connectivity index (χ0v) is 20.6. The average molecular weight is 495 g/mol. The standard InChI is InChI=1S/C27H27ClN2O5/c1-4-35-24-11-9-17(13-25(24)34-3)22(30-16-18-7-5-6-8-20(18)27(30)32)15-26(31)29-21-14-19(28)10-12-23(21)33-2/h5-14,22H,4,15-16H2,1-3H3,(H,29,31)/t22-/m1/s1. The zero-order chi connectivity index (χ0) is 24.9. The topological polar surface area (TPSA) is 77.1 Å². The molecule has 182 valence electrons. The minimum absolute atomic E-state index is 0.0204. The first-order chi connectivity index (χ1) is 16.9. The van der Waals surface area contributed by atoms with Crippen molar-refractivity contribution in [3.8, 4) is 17.2 Å². The number of rotatable bonds is 9. The first-order valence-electron chi connectivity index (χ1n) is 11.3. The Labute approximate surface area is 209 Å². The van der Waals surface area contributed by atoms with E-state index in [1.165, 1.54) is 7.11 Å². The number of hydrogen-bond donors (Lipinski definition) is 1. The number of methoxy groups -OCH3 is 2. The van der Waals surface area contributed by atoms with E-state index in [-0.39, 0.29) is 18.2 Å². The van der Waals surface area contributed by atoms with Crippen LogP contribution in [-0.2, 0) is 11.3 Å². The van der Waals surface area contributed by atoms with Gasteiger partial charge in [-0.2, -0.15) is 0 Å². The van der Waals surface area contributed by atoms with Crippen LogP contribution in [0.3, 0.4) is 0 Å². The Morgan fingerprint density at radius 1 is 1.03 bits per heavy atom. The molecule has 8 heteroatoms. The van der Waals surface area contributed by atoms with Gasteiger partial charge in [-0.1, -0.05) is 35.9 Å². The first kappa shape index (κ1) is 24.4. The number of anilines is 1. The van der Waals surface area contributed by atoms with Crippen molar-refractivity contribution in [2.24, 2.45) is 0 Å². The number of benzene rings is 3. The maximum atomic E-state index is 13.3. The van der Waals surface area contributed by atoms with Crippen molar-refractivity contribution in [3.05, 3.63) is 82.4 Å². The van der Waals surface area contributed by atoms with Crippen LogP contribution in [0.25, 0.3) is 0 Å². The third-order valence-electron chi connectivity index (χ3n) is 5.91. The van der Waals surface area contributed by atoms with E-state index >= 15 is 0 Å². The van der Waals surface area contributed by atoms with Gasteiger partial charge in [0, 0.05) is 17.1 Å². The molecule has 0 saturated heterocycles. The average Bonchev–Trinajstić information content (AvgIpc) is 3.19. The molecule has 4 rings (SSSR count). The van der Waals surface area contributed by atoms with E-state index in [0.29, 0.717) is 46.7 Å². The molecule has 0 fully saturated rings. The van der Waals surface area contributed by atoms with E-state index in [2.05, 4.69) is 5.32 Å². The third-order valence-corrected chi connectivity index (χ3v) is 6.15. The van der Waals surface area contributed by atoms with Crippen LogP contribution >= 0.6 is 11.6 Å². The summed E-state index contributed by atoms with van der Waals surface area (Å²) in [7, 11) is 3.08. The van der Waals surface area contributed by atoms with Gasteiger partial charge in [-0.15, -0.1) is 0 Å². The summed E-state index contributed by atoms with van der Waals surface area (Å²) in [6.45, 7) is 2.79. The van der Waals surface area contributed by atoms with Crippen molar-refractivity contribution in [1.82, 2.24) is 4.90 Å². The van der Waals surface area contributed by atoms with Gasteiger partial charge >= 0.3 is 0 Å². The van der Waals surface area contributed by atoms with Crippen molar-refractivity contribution in [1.29, 1.82) is 0 Å². The number of nitrogens with zero attached hydrogens (tertiary/aromatic N) is 1. The molecule has 35 heavy (non-hydrogen) atoms. The van der Waals surface area contributed by atoms with Crippen molar-refractivity contribution in [2.75, 3.05) is 26.1 Å². The summed E-state index contributed by atoms with van der Waals surface area (Å²) in [4.78, 5) is 28.3. The Morgan fingerprint density at radius 2 is 1.77 bits per heavy atom. The molecular weight excluding hydrogens is 468 g/mol. The van der Waals surface area contributed by atoms with Gasteiger partial charge < -0.3 is 24.4 Å². The second kappa shape index (κ2) is 10.7. The molecule has 0 aromatic heterocycles. The van der Waals surface area contributed by atoms with Crippen LogP contribution in [0.5, 0.6) is 17.2 Å². The third kappa shape index (κ3) is 5.20. The van der Waals surface area contributed by atoms with Crippen molar-refractivity contribution in [3.63, 3.8) is 0 Å². The number of carbonyl (C=O) groups is 2. The van der Waals surface area contributed by atoms with Crippen LogP contribution in [0, 0.1) is 0 Å². The van der Waals surface area contributed by atoms with Crippen LogP contribution in [0.2, 0.25) is 5.02 Å². The second-order valence-electron chi connectivity index (χ2n) is 8.05. The number of fused-ring (bicyclic) bond motifs is 1. The highest BCUT2D eigenvalue weighted by atomic mass is 35.5. The SMILES string of the molecule is CCOc1ccc([C@@H](CC(=O)Nc2cc(Cl)ccc2OC)N2Cc3ccccc3C2=O)cc1OC. The number of hydrogen-bond acceptors (Lipinski definition) is 5. The molecule has 1 aliphatic heterocycles. The lowest BCUT2D eigenvalue weighted by Gasteiger charge is -2.28. The van der Waals surface area contributed by atoms with Crippen molar-refractivity contribution >= 4 is 29.1 Å². The Bertz CT molecular complexity index is 1250. The minimum atomic E-state index is -0.537. The summed E-state index contributed by atoms with van der Waals surface area (Å²) in [5.41, 5.74) is 2.80. The lowest BCUT2D eigenvalue weighted by atomic mass is 10.0. The zero-order valence-electron chi connectivity index (χ0n) is 19.8. The number of nitrogens with one attached hydrogen (secondary N) is 1. The van der Waals surface area contributed by atoms with Crippen LogP contribution in [0.15, 0.2) is 60.7 Å². The Morgan fingerprint density at radius 3 is 2.49 bits per heavy atom. The summed E-state index contributed by atoms with van der Waals surface area (Å²) >= 11 is 6.12. The first-order valence-corrected chi connectivity index (χ1v) is 11.7. The molecule has 0 aliphatic carbocycles. The van der Waals surface area contributed by atoms with Gasteiger partial charge in [-0.3, -0.25) is 9.59 Å². The molecule has 3 aromatic carbocycles. The number of halogens is 1. The molecular formula is C27H27ClN2O5. The molecule has 1 N–H and O–H groups in total. The largest absolute Gasteiger partial charge is 0.495 e. The Balaban J connectivity index is 1.67. The summed E-state index contributed by atoms with van der Waals surface area (Å²) in [6.07, 6.45) is 0.0204. The maximum absolute atomic E-state index is 13.3. The number of carbonyl (C=O) groups excluding carboxylic acids is 2. The van der Waals surface area contributed by atoms with E-state index < -0.39 is 6.04 Å². The molecule has 1 aliphatic rings. The molecule has 2 amide bonds. The Hall–Kier alpha value is -3.71. The number of amides is 2. The molecule has 0 bridgehead atoms. The molecule has 0 unspecified atom stereocenters. The van der Waals surface area contributed by atoms with Gasteiger partial charge in [0.15, 0.2) is 11.5 Å². The van der Waals surface area contributed by atoms with Gasteiger partial charge in [0.1, 0.15) is 5.75 Å². The van der Waals surface area contributed by atoms with Gasteiger partial charge in [0.05, 0.1) is 39.0 Å². The van der Waals surface area contributed by atoms with Gasteiger partial charge in [0.25, 0.3) is 5.91 Å². The minimum Gasteiger partial charge on any atom is -0.495 e. The highest BCUT2D eigenvalue weighted by molar-refractivity contribution is 6.31. The summed E-state index contributed by atoms with van der Waals surface area (Å²) in [6, 6.07) is 17.4. The summed E-state index contributed by atoms with van der Waals surface area (Å²) < 4.78 is 16.5. The lowest BCUT2D eigenvalue weighted by Crippen LogP contribution is -2.32. The van der Waals surface area contributed by atoms with Crippen LogP contribution in [0.1, 0.15) is 40.9 Å². The van der Waals surface area contributed by atoms with E-state index in [9.17, 15) is 9.59 Å². The number of ether oxygens (including phenoxy) is 3. The molecule has 0 saturated carbocycles. The van der Waals surface area contributed by atoms with Crippen LogP contribution in [-0.4, -0.2) is 37.5 Å². The monoisotopic (exact) mass is 494 g/mol. The highest BCUT2D eigenvalue weighted by Gasteiger charge is 2.35. The fourth-order valence-corrected chi connectivity index (χ4v) is 4.43. The normalized spacial score (nSPS) is 13.3. The van der Waals surface area contributed by atoms with E-state index in [0.717, 1.165) is 11.1 Å². The molecule has 1 heterocycles. The summed E-state index contributed by atoms with van der Waals surface area (Å²) in [5.74, 6) is 1.22. The van der Waals surface area contributed by atoms with E-state index in [1.807, 2.05) is 43.3 Å². The van der Waals surface area contributed by atoms with E-state index in [1.54, 1.807) is 36.3 Å². The predicted octanol–water partition coefficient (Wildman–Crippen LogP) is 5.48. The fourth-order valence-electron chi connectivity index (χ4n) is 4.26. The van der Waals surface area contributed by atoms with Gasteiger partial charge in [-0.25, -0.2) is 0 Å². The van der Waals surface area contributed by atoms with Gasteiger partial charge in [-0.05, 0) is 54.4 Å². The molecule has 0 spiro atoms. The predicted molar refractivity (Wildman–Crippen MR) is 134 cm³/mol. The van der Waals surface area contributed by atoms with Crippen LogP contribution < -0.4 is 19.5 Å². The van der Waals surface area contributed by atoms with Crippen LogP contribution in [0.4, 0.5) is 5.69 Å². The maximum Gasteiger partial charge on any atom is 0.255 e. The van der Waals surface area contributed by atoms with Crippen molar-refractivity contribution in [2.45, 2.75) is 25.9 Å². The second-order valence-corrected chi connectivity index (χ2v) is 8.48. The van der Waals surface area contributed by atoms with Crippen molar-refractivity contribution < 1.29 is 23.8 Å². The van der Waals surface area contributed by atoms with E-state index in [4.69, 9.17) is 25.8 Å².